The minimum Gasteiger partial charge on any atom is -0.396 e. The molecule has 1 aromatic carbocycles. The third-order valence-corrected chi connectivity index (χ3v) is 2.57. The zero-order valence-corrected chi connectivity index (χ0v) is 9.85. The molecule has 0 fully saturated rings. The van der Waals surface area contributed by atoms with Crippen molar-refractivity contribution in [3.63, 3.8) is 0 Å². The van der Waals surface area contributed by atoms with E-state index in [1.165, 1.54) is 17.0 Å². The topological polar surface area (TPSA) is 75.0 Å². The van der Waals surface area contributed by atoms with Gasteiger partial charge in [-0.2, -0.15) is 5.10 Å². The maximum absolute atomic E-state index is 13.3. The quantitative estimate of drug-likeness (QED) is 0.806. The van der Waals surface area contributed by atoms with Gasteiger partial charge in [-0.15, -0.1) is 0 Å². The number of rotatable bonds is 3. The Balaban J connectivity index is 2.12. The molecule has 0 aliphatic rings. The fourth-order valence-electron chi connectivity index (χ4n) is 1.59. The summed E-state index contributed by atoms with van der Waals surface area (Å²) in [4.78, 5) is 13.5. The number of hydrogen-bond acceptors (Lipinski definition) is 3. The average molecular weight is 248 g/mol. The number of nitrogens with zero attached hydrogens (tertiary/aromatic N) is 2. The van der Waals surface area contributed by atoms with Gasteiger partial charge in [-0.05, 0) is 18.2 Å². The van der Waals surface area contributed by atoms with E-state index < -0.39 is 5.82 Å². The second-order valence-corrected chi connectivity index (χ2v) is 4.00. The summed E-state index contributed by atoms with van der Waals surface area (Å²) in [7, 11) is 1.64. The lowest BCUT2D eigenvalue weighted by atomic mass is 10.1. The first-order valence-corrected chi connectivity index (χ1v) is 5.36. The second kappa shape index (κ2) is 4.87. The lowest BCUT2D eigenvalue weighted by Gasteiger charge is -2.16. The maximum atomic E-state index is 13.3. The molecule has 0 bridgehead atoms. The van der Waals surface area contributed by atoms with Crippen molar-refractivity contribution in [1.29, 1.82) is 0 Å². The zero-order valence-electron chi connectivity index (χ0n) is 9.85. The number of hydrogen-bond donors (Lipinski definition) is 2. The van der Waals surface area contributed by atoms with Gasteiger partial charge < -0.3 is 10.6 Å². The molecule has 18 heavy (non-hydrogen) atoms. The van der Waals surface area contributed by atoms with Gasteiger partial charge in [0.2, 0.25) is 0 Å². The first-order valence-electron chi connectivity index (χ1n) is 5.36. The molecule has 0 unspecified atom stereocenters. The van der Waals surface area contributed by atoms with Gasteiger partial charge in [0, 0.05) is 30.9 Å². The molecule has 6 heteroatoms. The molecular weight excluding hydrogens is 235 g/mol. The monoisotopic (exact) mass is 248 g/mol. The van der Waals surface area contributed by atoms with Crippen LogP contribution in [0.2, 0.25) is 0 Å². The third kappa shape index (κ3) is 2.48. The largest absolute Gasteiger partial charge is 0.396 e. The molecule has 1 heterocycles. The summed E-state index contributed by atoms with van der Waals surface area (Å²) >= 11 is 0. The predicted molar refractivity (Wildman–Crippen MR) is 65.2 cm³/mol. The summed E-state index contributed by atoms with van der Waals surface area (Å²) in [5, 5.41) is 6.46. The Bertz CT molecular complexity index is 553. The zero-order chi connectivity index (χ0) is 13.1. The van der Waals surface area contributed by atoms with Crippen molar-refractivity contribution in [2.75, 3.05) is 12.8 Å². The highest BCUT2D eigenvalue weighted by atomic mass is 19.1. The fraction of sp³-hybridized carbons (Fsp3) is 0.167. The highest BCUT2D eigenvalue weighted by Gasteiger charge is 2.13. The van der Waals surface area contributed by atoms with Crippen LogP contribution in [0.3, 0.4) is 0 Å². The number of carbonyl (C=O) groups is 1. The summed E-state index contributed by atoms with van der Waals surface area (Å²) in [6, 6.07) is 4.03. The fourth-order valence-corrected chi connectivity index (χ4v) is 1.59. The van der Waals surface area contributed by atoms with Gasteiger partial charge >= 0.3 is 0 Å². The van der Waals surface area contributed by atoms with Gasteiger partial charge in [-0.3, -0.25) is 9.89 Å². The molecule has 0 radical (unpaired) electrons. The normalized spacial score (nSPS) is 10.3. The Hall–Kier alpha value is -2.37. The molecular formula is C12H13FN4O. The van der Waals surface area contributed by atoms with E-state index in [4.69, 9.17) is 5.73 Å². The molecule has 0 atom stereocenters. The van der Waals surface area contributed by atoms with Gasteiger partial charge in [0.1, 0.15) is 5.82 Å². The van der Waals surface area contributed by atoms with Crippen LogP contribution in [-0.2, 0) is 6.54 Å². The van der Waals surface area contributed by atoms with E-state index in [-0.39, 0.29) is 17.2 Å². The molecule has 0 saturated carbocycles. The highest BCUT2D eigenvalue weighted by Crippen LogP contribution is 2.14. The van der Waals surface area contributed by atoms with E-state index >= 15 is 0 Å². The smallest absolute Gasteiger partial charge is 0.254 e. The molecule has 0 aliphatic heterocycles. The molecule has 94 valence electrons. The van der Waals surface area contributed by atoms with E-state index in [2.05, 4.69) is 10.2 Å². The maximum Gasteiger partial charge on any atom is 0.254 e. The summed E-state index contributed by atoms with van der Waals surface area (Å²) in [5.74, 6) is -0.854. The molecule has 5 nitrogen and oxygen atoms in total. The minimum atomic E-state index is -0.586. The number of aromatic amines is 1. The van der Waals surface area contributed by atoms with Crippen molar-refractivity contribution in [2.45, 2.75) is 6.54 Å². The molecule has 2 aromatic rings. The molecule has 2 rings (SSSR count). The number of benzene rings is 1. The van der Waals surface area contributed by atoms with Crippen molar-refractivity contribution in [2.24, 2.45) is 0 Å². The first kappa shape index (κ1) is 12.1. The van der Waals surface area contributed by atoms with Crippen molar-refractivity contribution in [3.05, 3.63) is 47.5 Å². The second-order valence-electron chi connectivity index (χ2n) is 4.00. The Morgan fingerprint density at radius 1 is 1.56 bits per heavy atom. The van der Waals surface area contributed by atoms with E-state index in [1.807, 2.05) is 0 Å². The lowest BCUT2D eigenvalue weighted by molar-refractivity contribution is 0.0784. The van der Waals surface area contributed by atoms with Crippen molar-refractivity contribution in [1.82, 2.24) is 15.1 Å². The highest BCUT2D eigenvalue weighted by molar-refractivity contribution is 5.94. The number of amides is 1. The molecule has 3 N–H and O–H groups in total. The van der Waals surface area contributed by atoms with Crippen LogP contribution in [0.25, 0.3) is 0 Å². The first-order chi connectivity index (χ1) is 8.58. The summed E-state index contributed by atoms with van der Waals surface area (Å²) in [6.07, 6.45) is 3.33. The van der Waals surface area contributed by atoms with E-state index in [0.717, 1.165) is 11.6 Å². The SMILES string of the molecule is CN(Cc1cn[nH]c1)C(=O)c1ccc(N)c(F)c1. The number of nitrogens with two attached hydrogens (primary N) is 1. The van der Waals surface area contributed by atoms with Crippen molar-refractivity contribution >= 4 is 11.6 Å². The third-order valence-electron chi connectivity index (χ3n) is 2.57. The van der Waals surface area contributed by atoms with Crippen LogP contribution < -0.4 is 5.73 Å². The van der Waals surface area contributed by atoms with Crippen LogP contribution in [0, 0.1) is 5.82 Å². The number of H-pyrrole nitrogens is 1. The van der Waals surface area contributed by atoms with Gasteiger partial charge in [0.25, 0.3) is 5.91 Å². The predicted octanol–water partition coefficient (Wildman–Crippen LogP) is 1.40. The Morgan fingerprint density at radius 3 is 2.94 bits per heavy atom. The van der Waals surface area contributed by atoms with Crippen molar-refractivity contribution < 1.29 is 9.18 Å². The van der Waals surface area contributed by atoms with Gasteiger partial charge in [-0.25, -0.2) is 4.39 Å². The Kier molecular flexibility index (Phi) is 3.27. The summed E-state index contributed by atoms with van der Waals surface area (Å²) in [5.41, 5.74) is 6.54. The number of nitrogens with one attached hydrogen (secondary N) is 1. The average Bonchev–Trinajstić information content (AvgIpc) is 2.84. The molecule has 1 aromatic heterocycles. The van der Waals surface area contributed by atoms with E-state index in [1.54, 1.807) is 19.4 Å². The standard InChI is InChI=1S/C12H13FN4O/c1-17(7-8-5-15-16-6-8)12(18)9-2-3-11(14)10(13)4-9/h2-6H,7,14H2,1H3,(H,15,16). The van der Waals surface area contributed by atoms with Crippen LogP contribution >= 0.6 is 0 Å². The Morgan fingerprint density at radius 2 is 2.33 bits per heavy atom. The molecule has 0 aliphatic carbocycles. The van der Waals surface area contributed by atoms with Crippen molar-refractivity contribution in [3.8, 4) is 0 Å². The number of anilines is 1. The van der Waals surface area contributed by atoms with Crippen LogP contribution in [0.4, 0.5) is 10.1 Å². The van der Waals surface area contributed by atoms with Gasteiger partial charge in [0.05, 0.1) is 11.9 Å². The van der Waals surface area contributed by atoms with E-state index in [0.29, 0.717) is 6.54 Å². The lowest BCUT2D eigenvalue weighted by Crippen LogP contribution is -2.26. The van der Waals surface area contributed by atoms with Gasteiger partial charge in [-0.1, -0.05) is 0 Å². The van der Waals surface area contributed by atoms with Crippen LogP contribution in [0.5, 0.6) is 0 Å². The van der Waals surface area contributed by atoms with Crippen LogP contribution in [-0.4, -0.2) is 28.1 Å². The molecule has 0 saturated heterocycles. The number of halogens is 1. The van der Waals surface area contributed by atoms with E-state index in [9.17, 15) is 9.18 Å². The minimum absolute atomic E-state index is 0.0315. The summed E-state index contributed by atoms with van der Waals surface area (Å²) in [6.45, 7) is 0.404. The Labute approximate surface area is 103 Å². The summed E-state index contributed by atoms with van der Waals surface area (Å²) < 4.78 is 13.3. The van der Waals surface area contributed by atoms with Gasteiger partial charge in [0.15, 0.2) is 0 Å². The number of nitrogen functional groups attached to an aromatic ring is 1. The molecule has 0 spiro atoms. The number of carbonyl (C=O) groups excluding carboxylic acids is 1. The van der Waals surface area contributed by atoms with Crippen LogP contribution in [0.15, 0.2) is 30.6 Å². The molecule has 1 amide bonds. The van der Waals surface area contributed by atoms with Crippen LogP contribution in [0.1, 0.15) is 15.9 Å². The number of aromatic nitrogens is 2.